The van der Waals surface area contributed by atoms with E-state index in [1.807, 2.05) is 17.5 Å². The molecule has 2 rings (SSSR count). The summed E-state index contributed by atoms with van der Waals surface area (Å²) in [7, 11) is 3.82. The standard InChI is InChI=1S/C15H26N4O2S.HI/c1-15(20,13-5-4-8-22-13)11-18-14(16-2)17-9-12-10-19(3)6-7-21-12;/h4-5,8,12,20H,6-7,9-11H2,1-3H3,(H2,16,17,18);1H. The van der Waals surface area contributed by atoms with Gasteiger partial charge in [-0.05, 0) is 25.4 Å². The van der Waals surface area contributed by atoms with E-state index in [1.165, 1.54) is 0 Å². The van der Waals surface area contributed by atoms with E-state index in [-0.39, 0.29) is 30.1 Å². The molecule has 1 fully saturated rings. The van der Waals surface area contributed by atoms with Crippen LogP contribution in [0.3, 0.4) is 0 Å². The number of aliphatic imine (C=N–C) groups is 1. The maximum atomic E-state index is 10.5. The van der Waals surface area contributed by atoms with Gasteiger partial charge in [0.25, 0.3) is 0 Å². The van der Waals surface area contributed by atoms with E-state index in [2.05, 4.69) is 27.6 Å². The van der Waals surface area contributed by atoms with E-state index >= 15 is 0 Å². The molecule has 132 valence electrons. The Hall–Kier alpha value is -0.420. The van der Waals surface area contributed by atoms with Gasteiger partial charge >= 0.3 is 0 Å². The highest BCUT2D eigenvalue weighted by Crippen LogP contribution is 2.24. The summed E-state index contributed by atoms with van der Waals surface area (Å²) in [5, 5.41) is 18.9. The van der Waals surface area contributed by atoms with Crippen LogP contribution in [0.2, 0.25) is 0 Å². The number of ether oxygens (including phenoxy) is 1. The lowest BCUT2D eigenvalue weighted by Gasteiger charge is -2.30. The first kappa shape index (κ1) is 20.6. The molecule has 1 aliphatic rings. The molecule has 1 aliphatic heterocycles. The lowest BCUT2D eigenvalue weighted by Crippen LogP contribution is -2.50. The van der Waals surface area contributed by atoms with Gasteiger partial charge in [-0.2, -0.15) is 0 Å². The van der Waals surface area contributed by atoms with Gasteiger partial charge in [0, 0.05) is 31.6 Å². The monoisotopic (exact) mass is 454 g/mol. The number of morpholine rings is 1. The molecule has 3 N–H and O–H groups in total. The highest BCUT2D eigenvalue weighted by Gasteiger charge is 2.24. The molecule has 2 heterocycles. The lowest BCUT2D eigenvalue weighted by molar-refractivity contribution is -0.0161. The molecule has 0 radical (unpaired) electrons. The number of nitrogens with one attached hydrogen (secondary N) is 2. The molecular weight excluding hydrogens is 427 g/mol. The molecule has 1 aromatic heterocycles. The van der Waals surface area contributed by atoms with Gasteiger partial charge in [-0.25, -0.2) is 0 Å². The molecule has 0 bridgehead atoms. The maximum absolute atomic E-state index is 10.5. The third-order valence-corrected chi connectivity index (χ3v) is 4.84. The van der Waals surface area contributed by atoms with Crippen molar-refractivity contribution in [2.45, 2.75) is 18.6 Å². The minimum absolute atomic E-state index is 0. The third kappa shape index (κ3) is 6.54. The van der Waals surface area contributed by atoms with Crippen LogP contribution in [0, 0.1) is 0 Å². The lowest BCUT2D eigenvalue weighted by atomic mass is 10.1. The van der Waals surface area contributed by atoms with Gasteiger partial charge in [0.2, 0.25) is 0 Å². The molecule has 0 spiro atoms. The van der Waals surface area contributed by atoms with Gasteiger partial charge < -0.3 is 25.4 Å². The zero-order chi connectivity index (χ0) is 16.0. The van der Waals surface area contributed by atoms with Gasteiger partial charge in [0.1, 0.15) is 5.60 Å². The molecule has 6 nitrogen and oxygen atoms in total. The summed E-state index contributed by atoms with van der Waals surface area (Å²) in [6.45, 7) is 5.56. The minimum atomic E-state index is -0.909. The molecule has 1 aromatic rings. The van der Waals surface area contributed by atoms with Gasteiger partial charge in [-0.3, -0.25) is 4.99 Å². The van der Waals surface area contributed by atoms with E-state index in [9.17, 15) is 5.11 Å². The Kier molecular flexibility index (Phi) is 8.76. The second-order valence-corrected chi connectivity index (χ2v) is 6.76. The Labute approximate surface area is 159 Å². The number of hydrogen-bond acceptors (Lipinski definition) is 5. The number of nitrogens with zero attached hydrogens (tertiary/aromatic N) is 2. The molecule has 0 aromatic carbocycles. The third-order valence-electron chi connectivity index (χ3n) is 3.71. The average molecular weight is 454 g/mol. The summed E-state index contributed by atoms with van der Waals surface area (Å²) in [4.78, 5) is 7.39. The maximum Gasteiger partial charge on any atom is 0.191 e. The van der Waals surface area contributed by atoms with E-state index in [0.717, 1.165) is 24.6 Å². The van der Waals surface area contributed by atoms with Crippen molar-refractivity contribution in [3.8, 4) is 0 Å². The fourth-order valence-electron chi connectivity index (χ4n) is 2.35. The van der Waals surface area contributed by atoms with E-state index < -0.39 is 5.60 Å². The van der Waals surface area contributed by atoms with Crippen LogP contribution in [-0.4, -0.2) is 69.0 Å². The van der Waals surface area contributed by atoms with Crippen LogP contribution in [-0.2, 0) is 10.3 Å². The van der Waals surface area contributed by atoms with Crippen molar-refractivity contribution >= 4 is 41.3 Å². The van der Waals surface area contributed by atoms with E-state index in [0.29, 0.717) is 19.0 Å². The van der Waals surface area contributed by atoms with Crippen molar-refractivity contribution in [3.63, 3.8) is 0 Å². The summed E-state index contributed by atoms with van der Waals surface area (Å²) in [5.74, 6) is 0.675. The first-order chi connectivity index (χ1) is 10.5. The van der Waals surface area contributed by atoms with Crippen LogP contribution in [0.5, 0.6) is 0 Å². The van der Waals surface area contributed by atoms with Crippen molar-refractivity contribution in [1.29, 1.82) is 0 Å². The number of halogens is 1. The summed E-state index contributed by atoms with van der Waals surface area (Å²) < 4.78 is 5.71. The Morgan fingerprint density at radius 1 is 1.57 bits per heavy atom. The van der Waals surface area contributed by atoms with Crippen LogP contribution < -0.4 is 10.6 Å². The van der Waals surface area contributed by atoms with E-state index in [4.69, 9.17) is 4.74 Å². The molecule has 8 heteroatoms. The van der Waals surface area contributed by atoms with Crippen LogP contribution in [0.4, 0.5) is 0 Å². The van der Waals surface area contributed by atoms with Crippen molar-refractivity contribution in [2.24, 2.45) is 4.99 Å². The summed E-state index contributed by atoms with van der Waals surface area (Å²) in [5.41, 5.74) is -0.909. The van der Waals surface area contributed by atoms with Gasteiger partial charge in [0.15, 0.2) is 5.96 Å². The normalized spacial score (nSPS) is 22.1. The van der Waals surface area contributed by atoms with Crippen LogP contribution >= 0.6 is 35.3 Å². The molecule has 0 aliphatic carbocycles. The number of guanidine groups is 1. The molecule has 23 heavy (non-hydrogen) atoms. The van der Waals surface area contributed by atoms with Crippen molar-refractivity contribution < 1.29 is 9.84 Å². The van der Waals surface area contributed by atoms with Gasteiger partial charge in [-0.15, -0.1) is 35.3 Å². The Balaban J connectivity index is 0.00000264. The zero-order valence-electron chi connectivity index (χ0n) is 13.9. The average Bonchev–Trinajstić information content (AvgIpc) is 3.02. The van der Waals surface area contributed by atoms with Crippen LogP contribution in [0.15, 0.2) is 22.5 Å². The smallest absolute Gasteiger partial charge is 0.191 e. The number of thiophene rings is 1. The first-order valence-electron chi connectivity index (χ1n) is 7.52. The second-order valence-electron chi connectivity index (χ2n) is 5.81. The molecule has 2 atom stereocenters. The Bertz CT molecular complexity index is 482. The molecule has 2 unspecified atom stereocenters. The quantitative estimate of drug-likeness (QED) is 0.353. The molecule has 0 saturated carbocycles. The highest BCUT2D eigenvalue weighted by atomic mass is 127. The van der Waals surface area contributed by atoms with Crippen molar-refractivity contribution in [3.05, 3.63) is 22.4 Å². The number of rotatable bonds is 5. The fourth-order valence-corrected chi connectivity index (χ4v) is 3.14. The van der Waals surface area contributed by atoms with Gasteiger partial charge in [-0.1, -0.05) is 6.07 Å². The number of aliphatic hydroxyl groups is 1. The Morgan fingerprint density at radius 2 is 2.35 bits per heavy atom. The van der Waals surface area contributed by atoms with Crippen LogP contribution in [0.1, 0.15) is 11.8 Å². The number of hydrogen-bond donors (Lipinski definition) is 3. The fraction of sp³-hybridized carbons (Fsp3) is 0.667. The topological polar surface area (TPSA) is 69.1 Å². The highest BCUT2D eigenvalue weighted by molar-refractivity contribution is 14.0. The number of likely N-dealkylation sites (N-methyl/N-ethyl adjacent to an activating group) is 1. The SMILES string of the molecule is CN=C(NCC1CN(C)CCO1)NCC(C)(O)c1cccs1.I. The van der Waals surface area contributed by atoms with Crippen molar-refractivity contribution in [2.75, 3.05) is 46.9 Å². The minimum Gasteiger partial charge on any atom is -0.383 e. The van der Waals surface area contributed by atoms with E-state index in [1.54, 1.807) is 25.3 Å². The second kappa shape index (κ2) is 9.77. The summed E-state index contributed by atoms with van der Waals surface area (Å²) in [6, 6.07) is 3.88. The largest absolute Gasteiger partial charge is 0.383 e. The summed E-state index contributed by atoms with van der Waals surface area (Å²) in [6.07, 6.45) is 0.162. The molecule has 0 amide bonds. The van der Waals surface area contributed by atoms with Gasteiger partial charge in [0.05, 0.1) is 19.3 Å². The predicted molar refractivity (Wildman–Crippen MR) is 106 cm³/mol. The Morgan fingerprint density at radius 3 is 2.96 bits per heavy atom. The first-order valence-corrected chi connectivity index (χ1v) is 8.40. The predicted octanol–water partition coefficient (Wildman–Crippen LogP) is 1.07. The van der Waals surface area contributed by atoms with Crippen LogP contribution in [0.25, 0.3) is 0 Å². The zero-order valence-corrected chi connectivity index (χ0v) is 17.1. The summed E-state index contributed by atoms with van der Waals surface area (Å²) >= 11 is 1.55. The van der Waals surface area contributed by atoms with Crippen molar-refractivity contribution in [1.82, 2.24) is 15.5 Å². The molecule has 1 saturated heterocycles. The molecular formula is C15H27IN4O2S.